The highest BCUT2D eigenvalue weighted by Gasteiger charge is 2.21. The van der Waals surface area contributed by atoms with Gasteiger partial charge in [-0.15, -0.1) is 0 Å². The largest absolute Gasteiger partial charge is 0.382 e. The Kier molecular flexibility index (Phi) is 2.68. The molecular weight excluding hydrogens is 179 g/mol. The van der Waals surface area contributed by atoms with Crippen LogP contribution in [0.5, 0.6) is 0 Å². The topological polar surface area (TPSA) is 38.0 Å². The molecule has 3 heteroatoms. The van der Waals surface area contributed by atoms with Gasteiger partial charge in [0.25, 0.3) is 0 Å². The van der Waals surface area contributed by atoms with Gasteiger partial charge in [0, 0.05) is 6.54 Å². The lowest BCUT2D eigenvalue weighted by molar-refractivity contribution is 0.567. The summed E-state index contributed by atoms with van der Waals surface area (Å²) in [6.45, 7) is 1.51. The second-order valence-corrected chi connectivity index (χ2v) is 3.69. The van der Waals surface area contributed by atoms with Crippen molar-refractivity contribution in [1.82, 2.24) is 0 Å². The molecule has 0 aromatic heterocycles. The van der Waals surface area contributed by atoms with Crippen LogP contribution in [-0.4, -0.2) is 13.1 Å². The van der Waals surface area contributed by atoms with Crippen molar-refractivity contribution in [3.05, 3.63) is 29.6 Å². The van der Waals surface area contributed by atoms with Gasteiger partial charge in [-0.05, 0) is 36.9 Å². The van der Waals surface area contributed by atoms with E-state index in [1.54, 1.807) is 6.07 Å². The Hall–Kier alpha value is -1.09. The number of benzene rings is 1. The molecule has 0 radical (unpaired) electrons. The predicted molar refractivity (Wildman–Crippen MR) is 55.9 cm³/mol. The van der Waals surface area contributed by atoms with Crippen molar-refractivity contribution in [2.45, 2.75) is 18.8 Å². The van der Waals surface area contributed by atoms with E-state index in [1.807, 2.05) is 6.07 Å². The van der Waals surface area contributed by atoms with E-state index in [-0.39, 0.29) is 5.82 Å². The summed E-state index contributed by atoms with van der Waals surface area (Å²) in [6.07, 6.45) is 1.99. The number of hydrogen-bond acceptors (Lipinski definition) is 2. The summed E-state index contributed by atoms with van der Waals surface area (Å²) in [5, 5.41) is 3.10. The molecule has 0 amide bonds. The first-order valence-electron chi connectivity index (χ1n) is 5.05. The van der Waals surface area contributed by atoms with Gasteiger partial charge in [0.2, 0.25) is 0 Å². The predicted octanol–water partition coefficient (Wildman–Crippen LogP) is 2.07. The number of rotatable bonds is 2. The van der Waals surface area contributed by atoms with Crippen LogP contribution in [-0.2, 0) is 0 Å². The van der Waals surface area contributed by atoms with E-state index in [4.69, 9.17) is 5.73 Å². The summed E-state index contributed by atoms with van der Waals surface area (Å²) in [4.78, 5) is 0. The third-order valence-electron chi connectivity index (χ3n) is 2.80. The second-order valence-electron chi connectivity index (χ2n) is 3.69. The fourth-order valence-electron chi connectivity index (χ4n) is 2.10. The number of hydrogen-bond donors (Lipinski definition) is 2. The average Bonchev–Trinajstić information content (AvgIpc) is 2.20. The number of halogens is 1. The van der Waals surface area contributed by atoms with Crippen LogP contribution in [0, 0.1) is 5.82 Å². The van der Waals surface area contributed by atoms with Crippen LogP contribution in [0.4, 0.5) is 10.1 Å². The van der Waals surface area contributed by atoms with E-state index >= 15 is 0 Å². The highest BCUT2D eigenvalue weighted by molar-refractivity contribution is 5.55. The Balaban J connectivity index is 2.34. The molecule has 1 heterocycles. The first kappa shape index (κ1) is 9.46. The monoisotopic (exact) mass is 194 g/mol. The van der Waals surface area contributed by atoms with Crippen LogP contribution >= 0.6 is 0 Å². The Morgan fingerprint density at radius 3 is 3.14 bits per heavy atom. The SMILES string of the molecule is NCCC1CCNc2c(F)cccc21. The third-order valence-corrected chi connectivity index (χ3v) is 2.80. The Morgan fingerprint density at radius 1 is 1.50 bits per heavy atom. The molecule has 1 atom stereocenters. The van der Waals surface area contributed by atoms with Gasteiger partial charge in [-0.25, -0.2) is 4.39 Å². The lowest BCUT2D eigenvalue weighted by Crippen LogP contribution is -2.20. The van der Waals surface area contributed by atoms with Crippen LogP contribution in [0.1, 0.15) is 24.3 Å². The summed E-state index contributed by atoms with van der Waals surface area (Å²) >= 11 is 0. The smallest absolute Gasteiger partial charge is 0.146 e. The van der Waals surface area contributed by atoms with E-state index in [1.165, 1.54) is 6.07 Å². The molecule has 0 saturated carbocycles. The maximum absolute atomic E-state index is 13.4. The molecular formula is C11H15FN2. The number of para-hydroxylation sites is 1. The minimum atomic E-state index is -0.149. The molecule has 1 aliphatic heterocycles. The summed E-state index contributed by atoms with van der Waals surface area (Å²) in [5.74, 6) is 0.274. The molecule has 1 aromatic carbocycles. The minimum absolute atomic E-state index is 0.149. The van der Waals surface area contributed by atoms with E-state index < -0.39 is 0 Å². The van der Waals surface area contributed by atoms with Crippen LogP contribution in [0.3, 0.4) is 0 Å². The highest BCUT2D eigenvalue weighted by atomic mass is 19.1. The molecule has 1 aromatic rings. The molecule has 76 valence electrons. The standard InChI is InChI=1S/C11H15FN2/c12-10-3-1-2-9-8(4-6-13)5-7-14-11(9)10/h1-3,8,14H,4-7,13H2. The molecule has 2 rings (SSSR count). The van der Waals surface area contributed by atoms with Crippen molar-refractivity contribution in [2.24, 2.45) is 5.73 Å². The van der Waals surface area contributed by atoms with Gasteiger partial charge >= 0.3 is 0 Å². The Morgan fingerprint density at radius 2 is 2.36 bits per heavy atom. The van der Waals surface area contributed by atoms with Crippen LogP contribution in [0.2, 0.25) is 0 Å². The molecule has 14 heavy (non-hydrogen) atoms. The molecule has 0 aliphatic carbocycles. The fourth-order valence-corrected chi connectivity index (χ4v) is 2.10. The second kappa shape index (κ2) is 3.96. The molecule has 0 spiro atoms. The molecule has 1 aliphatic rings. The summed E-state index contributed by atoms with van der Waals surface area (Å²) in [6, 6.07) is 5.26. The van der Waals surface area contributed by atoms with E-state index in [2.05, 4.69) is 5.32 Å². The van der Waals surface area contributed by atoms with Crippen molar-refractivity contribution >= 4 is 5.69 Å². The van der Waals surface area contributed by atoms with Gasteiger partial charge in [-0.3, -0.25) is 0 Å². The molecule has 0 saturated heterocycles. The number of nitrogens with one attached hydrogen (secondary N) is 1. The van der Waals surface area contributed by atoms with Crippen LogP contribution in [0.25, 0.3) is 0 Å². The van der Waals surface area contributed by atoms with Gasteiger partial charge in [-0.2, -0.15) is 0 Å². The lowest BCUT2D eigenvalue weighted by atomic mass is 9.88. The van der Waals surface area contributed by atoms with Gasteiger partial charge < -0.3 is 11.1 Å². The van der Waals surface area contributed by atoms with Crippen molar-refractivity contribution < 1.29 is 4.39 Å². The van der Waals surface area contributed by atoms with Gasteiger partial charge in [-0.1, -0.05) is 12.1 Å². The van der Waals surface area contributed by atoms with E-state index in [9.17, 15) is 4.39 Å². The van der Waals surface area contributed by atoms with Crippen LogP contribution in [0.15, 0.2) is 18.2 Å². The number of fused-ring (bicyclic) bond motifs is 1. The van der Waals surface area contributed by atoms with E-state index in [0.717, 1.165) is 24.9 Å². The highest BCUT2D eigenvalue weighted by Crippen LogP contribution is 2.34. The maximum Gasteiger partial charge on any atom is 0.146 e. The zero-order chi connectivity index (χ0) is 9.97. The third kappa shape index (κ3) is 1.60. The molecule has 1 unspecified atom stereocenters. The average molecular weight is 194 g/mol. The van der Waals surface area contributed by atoms with Gasteiger partial charge in [0.05, 0.1) is 5.69 Å². The summed E-state index contributed by atoms with van der Waals surface area (Å²) < 4.78 is 13.4. The molecule has 2 nitrogen and oxygen atoms in total. The lowest BCUT2D eigenvalue weighted by Gasteiger charge is -2.26. The van der Waals surface area contributed by atoms with E-state index in [0.29, 0.717) is 18.2 Å². The molecule has 3 N–H and O–H groups in total. The van der Waals surface area contributed by atoms with Crippen molar-refractivity contribution in [3.63, 3.8) is 0 Å². The zero-order valence-electron chi connectivity index (χ0n) is 8.09. The molecule has 0 bridgehead atoms. The Bertz CT molecular complexity index is 325. The van der Waals surface area contributed by atoms with Gasteiger partial charge in [0.15, 0.2) is 0 Å². The first-order valence-corrected chi connectivity index (χ1v) is 5.05. The minimum Gasteiger partial charge on any atom is -0.382 e. The fraction of sp³-hybridized carbons (Fsp3) is 0.455. The summed E-state index contributed by atoms with van der Waals surface area (Å²) in [5.41, 5.74) is 7.30. The van der Waals surface area contributed by atoms with Crippen molar-refractivity contribution in [1.29, 1.82) is 0 Å². The maximum atomic E-state index is 13.4. The quantitative estimate of drug-likeness (QED) is 0.756. The van der Waals surface area contributed by atoms with Crippen molar-refractivity contribution in [3.8, 4) is 0 Å². The Labute approximate surface area is 83.3 Å². The number of anilines is 1. The summed E-state index contributed by atoms with van der Waals surface area (Å²) in [7, 11) is 0. The van der Waals surface area contributed by atoms with Gasteiger partial charge in [0.1, 0.15) is 5.82 Å². The van der Waals surface area contributed by atoms with Crippen molar-refractivity contribution in [2.75, 3.05) is 18.4 Å². The number of nitrogens with two attached hydrogens (primary N) is 1. The normalized spacial score (nSPS) is 20.0. The molecule has 0 fully saturated rings. The zero-order valence-corrected chi connectivity index (χ0v) is 8.09. The van der Waals surface area contributed by atoms with Crippen LogP contribution < -0.4 is 11.1 Å². The first-order chi connectivity index (χ1) is 6.83.